The molecule has 14 heavy (non-hydrogen) atoms. The van der Waals surface area contributed by atoms with E-state index in [0.29, 0.717) is 0 Å². The van der Waals surface area contributed by atoms with E-state index in [9.17, 15) is 0 Å². The van der Waals surface area contributed by atoms with Crippen LogP contribution < -0.4 is 5.73 Å². The van der Waals surface area contributed by atoms with Crippen LogP contribution in [0.3, 0.4) is 0 Å². The summed E-state index contributed by atoms with van der Waals surface area (Å²) in [6.07, 6.45) is 2.45. The van der Waals surface area contributed by atoms with Crippen LogP contribution in [-0.4, -0.2) is 55.1 Å². The van der Waals surface area contributed by atoms with E-state index in [4.69, 9.17) is 5.73 Å². The van der Waals surface area contributed by atoms with Crippen molar-refractivity contribution in [3.05, 3.63) is 0 Å². The first-order valence-electron chi connectivity index (χ1n) is 5.68. The highest BCUT2D eigenvalue weighted by atomic mass is 15.3. The minimum atomic E-state index is 0.181. The lowest BCUT2D eigenvalue weighted by Gasteiger charge is -2.23. The highest BCUT2D eigenvalue weighted by Gasteiger charge is 2.42. The summed E-state index contributed by atoms with van der Waals surface area (Å²) >= 11 is 0. The average Bonchev–Trinajstić information content (AvgIpc) is 2.65. The normalized spacial score (nSPS) is 36.6. The lowest BCUT2D eigenvalue weighted by molar-refractivity contribution is 0.246. The van der Waals surface area contributed by atoms with Gasteiger partial charge >= 0.3 is 0 Å². The van der Waals surface area contributed by atoms with Crippen LogP contribution in [0, 0.1) is 5.92 Å². The van der Waals surface area contributed by atoms with Gasteiger partial charge in [-0.25, -0.2) is 0 Å². The highest BCUT2D eigenvalue weighted by Crippen LogP contribution is 2.34. The molecule has 0 bridgehead atoms. The number of nitrogens with two attached hydrogens (primary N) is 1. The number of hydrogen-bond acceptors (Lipinski definition) is 3. The molecule has 2 unspecified atom stereocenters. The molecule has 0 spiro atoms. The Morgan fingerprint density at radius 3 is 2.43 bits per heavy atom. The molecule has 0 aromatic carbocycles. The number of hydrogen-bond donors (Lipinski definition) is 1. The molecule has 0 radical (unpaired) electrons. The van der Waals surface area contributed by atoms with Crippen molar-refractivity contribution >= 4 is 0 Å². The van der Waals surface area contributed by atoms with Crippen molar-refractivity contribution in [2.75, 3.05) is 33.7 Å². The fourth-order valence-electron chi connectivity index (χ4n) is 2.61. The van der Waals surface area contributed by atoms with Crippen LogP contribution in [0.4, 0.5) is 0 Å². The van der Waals surface area contributed by atoms with Crippen molar-refractivity contribution in [1.29, 1.82) is 0 Å². The van der Waals surface area contributed by atoms with Gasteiger partial charge in [-0.2, -0.15) is 0 Å². The molecular formula is C11H23N3. The zero-order valence-corrected chi connectivity index (χ0v) is 9.66. The van der Waals surface area contributed by atoms with Crippen LogP contribution in [0.15, 0.2) is 0 Å². The Labute approximate surface area is 87.2 Å². The molecule has 2 fully saturated rings. The molecule has 1 saturated carbocycles. The Bertz CT molecular complexity index is 211. The molecule has 1 aliphatic heterocycles. The van der Waals surface area contributed by atoms with Crippen molar-refractivity contribution in [3.8, 4) is 0 Å². The largest absolute Gasteiger partial charge is 0.324 e. The summed E-state index contributed by atoms with van der Waals surface area (Å²) < 4.78 is 0. The second kappa shape index (κ2) is 3.47. The second-order valence-electron chi connectivity index (χ2n) is 5.56. The molecule has 1 saturated heterocycles. The maximum absolute atomic E-state index is 6.14. The standard InChI is InChI=1S/C11H23N3/c1-9-6-14(7-10(9)13(2)3)8-11(12)4-5-11/h9-10H,4-8,12H2,1-3H3. The van der Waals surface area contributed by atoms with Crippen molar-refractivity contribution in [3.63, 3.8) is 0 Å². The van der Waals surface area contributed by atoms with Gasteiger partial charge in [-0.3, -0.25) is 4.90 Å². The molecule has 0 amide bonds. The third kappa shape index (κ3) is 2.10. The van der Waals surface area contributed by atoms with Crippen molar-refractivity contribution in [2.45, 2.75) is 31.3 Å². The molecule has 3 heteroatoms. The summed E-state index contributed by atoms with van der Waals surface area (Å²) in [7, 11) is 4.36. The summed E-state index contributed by atoms with van der Waals surface area (Å²) in [5, 5.41) is 0. The Morgan fingerprint density at radius 1 is 1.36 bits per heavy atom. The van der Waals surface area contributed by atoms with Gasteiger partial charge in [-0.1, -0.05) is 6.92 Å². The van der Waals surface area contributed by atoms with Gasteiger partial charge in [0.1, 0.15) is 0 Å². The van der Waals surface area contributed by atoms with E-state index in [-0.39, 0.29) is 5.54 Å². The predicted molar refractivity (Wildman–Crippen MR) is 59.2 cm³/mol. The molecule has 82 valence electrons. The summed E-state index contributed by atoms with van der Waals surface area (Å²) in [4.78, 5) is 4.89. The van der Waals surface area contributed by atoms with Gasteiger partial charge in [0.15, 0.2) is 0 Å². The van der Waals surface area contributed by atoms with Gasteiger partial charge in [0.05, 0.1) is 0 Å². The van der Waals surface area contributed by atoms with E-state index in [1.807, 2.05) is 0 Å². The first-order valence-corrected chi connectivity index (χ1v) is 5.68. The fourth-order valence-corrected chi connectivity index (χ4v) is 2.61. The van der Waals surface area contributed by atoms with E-state index in [1.165, 1.54) is 25.9 Å². The second-order valence-corrected chi connectivity index (χ2v) is 5.56. The predicted octanol–water partition coefficient (Wildman–Crippen LogP) is 0.360. The van der Waals surface area contributed by atoms with Crippen molar-refractivity contribution in [2.24, 2.45) is 11.7 Å². The Morgan fingerprint density at radius 2 is 2.00 bits per heavy atom. The van der Waals surface area contributed by atoms with Gasteiger partial charge in [0.25, 0.3) is 0 Å². The molecular weight excluding hydrogens is 174 g/mol. The molecule has 1 aliphatic carbocycles. The first-order chi connectivity index (χ1) is 6.50. The summed E-state index contributed by atoms with van der Waals surface area (Å²) in [6, 6.07) is 0.720. The molecule has 2 rings (SSSR count). The summed E-state index contributed by atoms with van der Waals surface area (Å²) in [5.41, 5.74) is 6.32. The van der Waals surface area contributed by atoms with Crippen LogP contribution >= 0.6 is 0 Å². The number of nitrogens with zero attached hydrogens (tertiary/aromatic N) is 2. The minimum Gasteiger partial charge on any atom is -0.324 e. The van der Waals surface area contributed by atoms with E-state index in [1.54, 1.807) is 0 Å². The number of rotatable bonds is 3. The zero-order valence-electron chi connectivity index (χ0n) is 9.66. The van der Waals surface area contributed by atoms with Gasteiger partial charge in [-0.15, -0.1) is 0 Å². The van der Waals surface area contributed by atoms with Crippen LogP contribution in [0.1, 0.15) is 19.8 Å². The smallest absolute Gasteiger partial charge is 0.0284 e. The van der Waals surface area contributed by atoms with Gasteiger partial charge in [-0.05, 0) is 32.9 Å². The van der Waals surface area contributed by atoms with Crippen molar-refractivity contribution in [1.82, 2.24) is 9.80 Å². The van der Waals surface area contributed by atoms with E-state index >= 15 is 0 Å². The topological polar surface area (TPSA) is 32.5 Å². The third-order valence-corrected chi connectivity index (χ3v) is 3.74. The molecule has 0 aromatic rings. The van der Waals surface area contributed by atoms with E-state index in [0.717, 1.165) is 18.5 Å². The molecule has 2 atom stereocenters. The molecule has 0 aromatic heterocycles. The Kier molecular flexibility index (Phi) is 2.58. The third-order valence-electron chi connectivity index (χ3n) is 3.74. The SMILES string of the molecule is CC1CN(CC2(N)CC2)CC1N(C)C. The van der Waals surface area contributed by atoms with Gasteiger partial charge < -0.3 is 10.6 Å². The average molecular weight is 197 g/mol. The maximum Gasteiger partial charge on any atom is 0.0284 e. The molecule has 1 heterocycles. The molecule has 2 aliphatic rings. The fraction of sp³-hybridized carbons (Fsp3) is 1.00. The highest BCUT2D eigenvalue weighted by molar-refractivity contribution is 5.03. The molecule has 3 nitrogen and oxygen atoms in total. The number of likely N-dealkylation sites (tertiary alicyclic amines) is 1. The summed E-state index contributed by atoms with van der Waals surface area (Å²) in [5.74, 6) is 0.785. The minimum absolute atomic E-state index is 0.181. The maximum atomic E-state index is 6.14. The van der Waals surface area contributed by atoms with Crippen LogP contribution in [0.25, 0.3) is 0 Å². The monoisotopic (exact) mass is 197 g/mol. The van der Waals surface area contributed by atoms with Crippen LogP contribution in [-0.2, 0) is 0 Å². The van der Waals surface area contributed by atoms with Crippen molar-refractivity contribution < 1.29 is 0 Å². The lowest BCUT2D eigenvalue weighted by atomic mass is 10.1. The van der Waals surface area contributed by atoms with E-state index in [2.05, 4.69) is 30.8 Å². The Hall–Kier alpha value is -0.120. The summed E-state index contributed by atoms with van der Waals surface area (Å²) in [6.45, 7) is 5.89. The van der Waals surface area contributed by atoms with Crippen LogP contribution in [0.5, 0.6) is 0 Å². The zero-order chi connectivity index (χ0) is 10.3. The van der Waals surface area contributed by atoms with Gasteiger partial charge in [0.2, 0.25) is 0 Å². The number of likely N-dealkylation sites (N-methyl/N-ethyl adjacent to an activating group) is 1. The van der Waals surface area contributed by atoms with E-state index < -0.39 is 0 Å². The lowest BCUT2D eigenvalue weighted by Crippen LogP contribution is -2.40. The quantitative estimate of drug-likeness (QED) is 0.709. The van der Waals surface area contributed by atoms with Gasteiger partial charge in [0, 0.05) is 31.2 Å². The molecule has 2 N–H and O–H groups in total. The van der Waals surface area contributed by atoms with Crippen LogP contribution in [0.2, 0.25) is 0 Å². The Balaban J connectivity index is 1.86. The first kappa shape index (κ1) is 10.4.